The van der Waals surface area contributed by atoms with E-state index in [0.717, 1.165) is 49.5 Å². The summed E-state index contributed by atoms with van der Waals surface area (Å²) in [5.74, 6) is 2.39. The summed E-state index contributed by atoms with van der Waals surface area (Å²) in [5, 5.41) is 0. The van der Waals surface area contributed by atoms with Crippen molar-refractivity contribution in [3.8, 4) is 17.2 Å². The molecule has 0 bridgehead atoms. The van der Waals surface area contributed by atoms with Gasteiger partial charge in [-0.2, -0.15) is 0 Å². The second-order valence-corrected chi connectivity index (χ2v) is 8.11. The molecule has 0 heterocycles. The van der Waals surface area contributed by atoms with Crippen LogP contribution >= 0.6 is 0 Å². The molecule has 0 N–H and O–H groups in total. The highest BCUT2D eigenvalue weighted by Gasteiger charge is 2.09. The Morgan fingerprint density at radius 3 is 2.03 bits per heavy atom. The first-order valence-electron chi connectivity index (χ1n) is 11.9. The maximum Gasteiger partial charge on any atom is 0.343 e. The summed E-state index contributed by atoms with van der Waals surface area (Å²) in [7, 11) is 0. The Morgan fingerprint density at radius 1 is 0.812 bits per heavy atom. The highest BCUT2D eigenvalue weighted by atomic mass is 16.5. The van der Waals surface area contributed by atoms with E-state index in [1.807, 2.05) is 24.3 Å². The molecule has 2 aromatic rings. The summed E-state index contributed by atoms with van der Waals surface area (Å²) in [6, 6.07) is 14.3. The van der Waals surface area contributed by atoms with Crippen LogP contribution in [0.3, 0.4) is 0 Å². The lowest BCUT2D eigenvalue weighted by molar-refractivity contribution is 0.0734. The van der Waals surface area contributed by atoms with Gasteiger partial charge in [-0.05, 0) is 93.0 Å². The summed E-state index contributed by atoms with van der Waals surface area (Å²) in [6.45, 7) is 7.99. The number of benzene rings is 2. The van der Waals surface area contributed by atoms with Crippen LogP contribution in [0, 0.1) is 5.92 Å². The minimum absolute atomic E-state index is 0.387. The van der Waals surface area contributed by atoms with Crippen LogP contribution in [0.2, 0.25) is 0 Å². The van der Waals surface area contributed by atoms with Crippen LogP contribution in [0.4, 0.5) is 0 Å². The average Bonchev–Trinajstić information content (AvgIpc) is 2.82. The van der Waals surface area contributed by atoms with Gasteiger partial charge >= 0.3 is 5.97 Å². The van der Waals surface area contributed by atoms with Gasteiger partial charge in [0.05, 0.1) is 18.8 Å². The van der Waals surface area contributed by atoms with Crippen molar-refractivity contribution in [2.45, 2.75) is 65.7 Å². The van der Waals surface area contributed by atoms with E-state index in [4.69, 9.17) is 14.2 Å². The second-order valence-electron chi connectivity index (χ2n) is 8.11. The van der Waals surface area contributed by atoms with Gasteiger partial charge in [-0.3, -0.25) is 0 Å². The number of unbranched alkanes of at least 4 members (excludes halogenated alkanes) is 2. The number of allylic oxidation sites excluding steroid dienone is 2. The highest BCUT2D eigenvalue weighted by molar-refractivity contribution is 5.91. The maximum absolute atomic E-state index is 12.4. The topological polar surface area (TPSA) is 44.8 Å². The number of esters is 1. The second kappa shape index (κ2) is 15.1. The lowest BCUT2D eigenvalue weighted by Gasteiger charge is -2.10. The Bertz CT molecular complexity index is 793. The number of carbonyl (C=O) groups is 1. The van der Waals surface area contributed by atoms with E-state index >= 15 is 0 Å². The number of rotatable bonds is 15. The van der Waals surface area contributed by atoms with Crippen molar-refractivity contribution < 1.29 is 19.0 Å². The fourth-order valence-electron chi connectivity index (χ4n) is 3.12. The molecular formula is C28H38O4. The summed E-state index contributed by atoms with van der Waals surface area (Å²) in [5.41, 5.74) is 0.495. The van der Waals surface area contributed by atoms with E-state index < -0.39 is 0 Å². The van der Waals surface area contributed by atoms with E-state index in [9.17, 15) is 4.79 Å². The predicted molar refractivity (Wildman–Crippen MR) is 131 cm³/mol. The van der Waals surface area contributed by atoms with Crippen molar-refractivity contribution in [1.29, 1.82) is 0 Å². The molecule has 32 heavy (non-hydrogen) atoms. The van der Waals surface area contributed by atoms with Crippen molar-refractivity contribution in [3.05, 3.63) is 66.2 Å². The van der Waals surface area contributed by atoms with Gasteiger partial charge < -0.3 is 14.2 Å². The lowest BCUT2D eigenvalue weighted by Crippen LogP contribution is -2.08. The Kier molecular flexibility index (Phi) is 12.1. The van der Waals surface area contributed by atoms with Gasteiger partial charge in [0.25, 0.3) is 0 Å². The highest BCUT2D eigenvalue weighted by Crippen LogP contribution is 2.20. The van der Waals surface area contributed by atoms with Gasteiger partial charge in [0, 0.05) is 0 Å². The van der Waals surface area contributed by atoms with E-state index in [-0.39, 0.29) is 5.97 Å². The molecule has 0 radical (unpaired) electrons. The molecule has 0 aromatic heterocycles. The molecule has 0 aliphatic heterocycles. The van der Waals surface area contributed by atoms with E-state index in [1.54, 1.807) is 24.3 Å². The quantitative estimate of drug-likeness (QED) is 0.124. The molecule has 0 saturated carbocycles. The van der Waals surface area contributed by atoms with Crippen molar-refractivity contribution >= 4 is 5.97 Å². The third-order valence-electron chi connectivity index (χ3n) is 5.37. The largest absolute Gasteiger partial charge is 0.494 e. The van der Waals surface area contributed by atoms with Crippen LogP contribution in [0.5, 0.6) is 17.2 Å². The van der Waals surface area contributed by atoms with Gasteiger partial charge in [0.15, 0.2) is 0 Å². The SMILES string of the molecule is CC/C=C\CCCCOc1ccc(OC(=O)c2ccc(OCCC[C@@H](C)CC)cc2)cc1. The van der Waals surface area contributed by atoms with Crippen molar-refractivity contribution in [2.75, 3.05) is 13.2 Å². The van der Waals surface area contributed by atoms with E-state index in [1.165, 1.54) is 12.8 Å². The lowest BCUT2D eigenvalue weighted by atomic mass is 10.0. The first-order valence-corrected chi connectivity index (χ1v) is 11.9. The normalized spacial score (nSPS) is 12.0. The minimum atomic E-state index is -0.387. The molecule has 0 unspecified atom stereocenters. The molecule has 4 heteroatoms. The summed E-state index contributed by atoms with van der Waals surface area (Å²) < 4.78 is 17.0. The fourth-order valence-corrected chi connectivity index (χ4v) is 3.12. The Balaban J connectivity index is 1.71. The van der Waals surface area contributed by atoms with Crippen LogP contribution in [0.25, 0.3) is 0 Å². The number of carbonyl (C=O) groups excluding carboxylic acids is 1. The fraction of sp³-hybridized carbons (Fsp3) is 0.464. The molecule has 0 saturated heterocycles. The summed E-state index contributed by atoms with van der Waals surface area (Å²) in [4.78, 5) is 12.4. The Labute approximate surface area is 193 Å². The molecule has 2 aromatic carbocycles. The Hall–Kier alpha value is -2.75. The smallest absolute Gasteiger partial charge is 0.343 e. The zero-order valence-electron chi connectivity index (χ0n) is 19.8. The van der Waals surface area contributed by atoms with Crippen LogP contribution in [0.15, 0.2) is 60.7 Å². The first kappa shape index (κ1) is 25.5. The molecule has 174 valence electrons. The van der Waals surface area contributed by atoms with Gasteiger partial charge in [0.2, 0.25) is 0 Å². The third-order valence-corrected chi connectivity index (χ3v) is 5.37. The van der Waals surface area contributed by atoms with Gasteiger partial charge in [0.1, 0.15) is 17.2 Å². The molecule has 0 fully saturated rings. The zero-order chi connectivity index (χ0) is 23.0. The molecule has 2 rings (SSSR count). The van der Waals surface area contributed by atoms with E-state index in [0.29, 0.717) is 24.5 Å². The molecule has 0 aliphatic rings. The monoisotopic (exact) mass is 438 g/mol. The van der Waals surface area contributed by atoms with Crippen LogP contribution < -0.4 is 14.2 Å². The first-order chi connectivity index (χ1) is 15.6. The molecular weight excluding hydrogens is 400 g/mol. The van der Waals surface area contributed by atoms with Gasteiger partial charge in [-0.1, -0.05) is 39.3 Å². The average molecular weight is 439 g/mol. The van der Waals surface area contributed by atoms with E-state index in [2.05, 4.69) is 32.9 Å². The zero-order valence-corrected chi connectivity index (χ0v) is 19.8. The Morgan fingerprint density at radius 2 is 1.41 bits per heavy atom. The molecule has 0 aliphatic carbocycles. The van der Waals surface area contributed by atoms with Crippen LogP contribution in [-0.2, 0) is 0 Å². The standard InChI is InChI=1S/C28H38O4/c1-4-6-7-8-9-10-21-30-26-17-19-27(20-18-26)32-28(29)24-13-15-25(16-14-24)31-22-11-12-23(3)5-2/h6-7,13-20,23H,4-5,8-12,21-22H2,1-3H3/b7-6-/t23-/m0/s1. The third kappa shape index (κ3) is 10.0. The molecule has 1 atom stereocenters. The summed E-state index contributed by atoms with van der Waals surface area (Å²) >= 11 is 0. The molecule has 4 nitrogen and oxygen atoms in total. The summed E-state index contributed by atoms with van der Waals surface area (Å²) in [6.07, 6.45) is 12.1. The maximum atomic E-state index is 12.4. The predicted octanol–water partition coefficient (Wildman–Crippen LogP) is 7.63. The van der Waals surface area contributed by atoms with Gasteiger partial charge in [-0.15, -0.1) is 0 Å². The number of hydrogen-bond acceptors (Lipinski definition) is 4. The number of ether oxygens (including phenoxy) is 3. The van der Waals surface area contributed by atoms with Crippen molar-refractivity contribution in [2.24, 2.45) is 5.92 Å². The van der Waals surface area contributed by atoms with Crippen molar-refractivity contribution in [1.82, 2.24) is 0 Å². The van der Waals surface area contributed by atoms with Gasteiger partial charge in [-0.25, -0.2) is 4.79 Å². The molecule has 0 spiro atoms. The van der Waals surface area contributed by atoms with Crippen LogP contribution in [0.1, 0.15) is 76.1 Å². The number of hydrogen-bond donors (Lipinski definition) is 0. The van der Waals surface area contributed by atoms with Crippen molar-refractivity contribution in [3.63, 3.8) is 0 Å². The van der Waals surface area contributed by atoms with Crippen LogP contribution in [-0.4, -0.2) is 19.2 Å². The molecule has 0 amide bonds. The minimum Gasteiger partial charge on any atom is -0.494 e.